The van der Waals surface area contributed by atoms with Gasteiger partial charge in [-0.2, -0.15) is 0 Å². The zero-order chi connectivity index (χ0) is 15.2. The molecule has 1 aromatic carbocycles. The number of carbonyl (C=O) groups excluding carboxylic acids is 1. The van der Waals surface area contributed by atoms with Gasteiger partial charge < -0.3 is 10.4 Å². The first-order chi connectivity index (χ1) is 10.1. The smallest absolute Gasteiger partial charge is 0.247 e. The maximum absolute atomic E-state index is 12.2. The number of rotatable bonds is 4. The van der Waals surface area contributed by atoms with E-state index < -0.39 is 0 Å². The van der Waals surface area contributed by atoms with Gasteiger partial charge in [0.1, 0.15) is 0 Å². The van der Waals surface area contributed by atoms with Crippen molar-refractivity contribution in [1.29, 1.82) is 0 Å². The Morgan fingerprint density at radius 1 is 1.38 bits per heavy atom. The summed E-state index contributed by atoms with van der Waals surface area (Å²) in [4.78, 5) is 12.2. The maximum atomic E-state index is 12.2. The summed E-state index contributed by atoms with van der Waals surface area (Å²) < 4.78 is 0. The first-order valence-electron chi connectivity index (χ1n) is 7.44. The van der Waals surface area contributed by atoms with Crippen LogP contribution in [-0.2, 0) is 4.79 Å². The molecule has 1 saturated carbocycles. The normalized spacial score (nSPS) is 22.9. The summed E-state index contributed by atoms with van der Waals surface area (Å²) in [6, 6.07) is 7.67. The molecule has 1 amide bonds. The lowest BCUT2D eigenvalue weighted by molar-refractivity contribution is -0.118. The Morgan fingerprint density at radius 3 is 2.71 bits per heavy atom. The third-order valence-electron chi connectivity index (χ3n) is 4.03. The number of carbonyl (C=O) groups is 1. The van der Waals surface area contributed by atoms with Gasteiger partial charge in [0, 0.05) is 23.2 Å². The largest absolute Gasteiger partial charge is 0.396 e. The van der Waals surface area contributed by atoms with Gasteiger partial charge in [-0.1, -0.05) is 23.7 Å². The van der Waals surface area contributed by atoms with E-state index in [2.05, 4.69) is 5.32 Å². The highest BCUT2D eigenvalue weighted by Gasteiger charge is 2.22. The van der Waals surface area contributed by atoms with Crippen LogP contribution in [0.2, 0.25) is 5.02 Å². The molecule has 0 radical (unpaired) electrons. The first-order valence-corrected chi connectivity index (χ1v) is 7.82. The van der Waals surface area contributed by atoms with Gasteiger partial charge in [-0.25, -0.2) is 0 Å². The SMILES string of the molecule is C/C(=C/c1cccc(Cl)c1)C(=O)NC1CCC(CO)CC1. The van der Waals surface area contributed by atoms with E-state index in [1.807, 2.05) is 37.3 Å². The zero-order valence-corrected chi connectivity index (χ0v) is 13.1. The molecule has 1 aliphatic rings. The molecule has 0 aromatic heterocycles. The van der Waals surface area contributed by atoms with Crippen molar-refractivity contribution < 1.29 is 9.90 Å². The molecule has 1 fully saturated rings. The molecule has 0 unspecified atom stereocenters. The van der Waals surface area contributed by atoms with Crippen molar-refractivity contribution in [2.24, 2.45) is 5.92 Å². The van der Waals surface area contributed by atoms with Crippen LogP contribution in [-0.4, -0.2) is 23.7 Å². The molecule has 0 bridgehead atoms. The fourth-order valence-electron chi connectivity index (χ4n) is 2.70. The second-order valence-corrected chi connectivity index (χ2v) is 6.19. The van der Waals surface area contributed by atoms with Crippen LogP contribution in [0.4, 0.5) is 0 Å². The predicted molar refractivity (Wildman–Crippen MR) is 86.1 cm³/mol. The summed E-state index contributed by atoms with van der Waals surface area (Å²) in [5.41, 5.74) is 1.61. The molecule has 1 aliphatic carbocycles. The number of benzene rings is 1. The Bertz CT molecular complexity index is 519. The van der Waals surface area contributed by atoms with Gasteiger partial charge in [0.2, 0.25) is 5.91 Å². The van der Waals surface area contributed by atoms with Crippen LogP contribution in [0.25, 0.3) is 6.08 Å². The van der Waals surface area contributed by atoms with E-state index in [0.717, 1.165) is 31.2 Å². The van der Waals surface area contributed by atoms with Crippen LogP contribution in [0.3, 0.4) is 0 Å². The molecule has 1 aromatic rings. The van der Waals surface area contributed by atoms with Gasteiger partial charge in [-0.05, 0) is 62.3 Å². The fourth-order valence-corrected chi connectivity index (χ4v) is 2.90. The van der Waals surface area contributed by atoms with Crippen molar-refractivity contribution in [3.8, 4) is 0 Å². The molecule has 4 heteroatoms. The number of aliphatic hydroxyl groups is 1. The summed E-state index contributed by atoms with van der Waals surface area (Å²) in [5.74, 6) is 0.378. The Morgan fingerprint density at radius 2 is 2.10 bits per heavy atom. The molecule has 0 atom stereocenters. The van der Waals surface area contributed by atoms with Crippen LogP contribution in [0.1, 0.15) is 38.2 Å². The molecule has 21 heavy (non-hydrogen) atoms. The van der Waals surface area contributed by atoms with Crippen molar-refractivity contribution >= 4 is 23.6 Å². The highest BCUT2D eigenvalue weighted by Crippen LogP contribution is 2.24. The summed E-state index contributed by atoms with van der Waals surface area (Å²) in [6.07, 6.45) is 5.71. The minimum atomic E-state index is -0.0255. The summed E-state index contributed by atoms with van der Waals surface area (Å²) in [7, 11) is 0. The first kappa shape index (κ1) is 16.1. The molecule has 0 aliphatic heterocycles. The lowest BCUT2D eigenvalue weighted by Gasteiger charge is -2.28. The summed E-state index contributed by atoms with van der Waals surface area (Å²) >= 11 is 5.94. The minimum Gasteiger partial charge on any atom is -0.396 e. The van der Waals surface area contributed by atoms with E-state index >= 15 is 0 Å². The van der Waals surface area contributed by atoms with Crippen LogP contribution in [0, 0.1) is 5.92 Å². The second-order valence-electron chi connectivity index (χ2n) is 5.76. The van der Waals surface area contributed by atoms with E-state index in [-0.39, 0.29) is 18.6 Å². The van der Waals surface area contributed by atoms with Crippen molar-refractivity contribution in [3.05, 3.63) is 40.4 Å². The standard InChI is InChI=1S/C17H22ClNO2/c1-12(9-14-3-2-4-15(18)10-14)17(21)19-16-7-5-13(11-20)6-8-16/h2-4,9-10,13,16,20H,5-8,11H2,1H3,(H,19,21)/b12-9-. The van der Waals surface area contributed by atoms with E-state index in [1.165, 1.54) is 0 Å². The Kier molecular flexibility index (Phi) is 5.83. The van der Waals surface area contributed by atoms with Crippen molar-refractivity contribution in [3.63, 3.8) is 0 Å². The zero-order valence-electron chi connectivity index (χ0n) is 12.3. The predicted octanol–water partition coefficient (Wildman–Crippen LogP) is 3.41. The summed E-state index contributed by atoms with van der Waals surface area (Å²) in [6.45, 7) is 2.07. The van der Waals surface area contributed by atoms with E-state index in [0.29, 0.717) is 16.5 Å². The van der Waals surface area contributed by atoms with E-state index in [1.54, 1.807) is 0 Å². The van der Waals surface area contributed by atoms with Crippen LogP contribution >= 0.6 is 11.6 Å². The highest BCUT2D eigenvalue weighted by molar-refractivity contribution is 6.30. The van der Waals surface area contributed by atoms with Gasteiger partial charge in [0.05, 0.1) is 0 Å². The average Bonchev–Trinajstić information content (AvgIpc) is 2.48. The second kappa shape index (κ2) is 7.62. The molecule has 3 nitrogen and oxygen atoms in total. The Hall–Kier alpha value is -1.32. The Labute approximate surface area is 131 Å². The van der Waals surface area contributed by atoms with Crippen molar-refractivity contribution in [2.75, 3.05) is 6.61 Å². The van der Waals surface area contributed by atoms with Gasteiger partial charge >= 0.3 is 0 Å². The number of hydrogen-bond acceptors (Lipinski definition) is 2. The van der Waals surface area contributed by atoms with Gasteiger partial charge in [0.25, 0.3) is 0 Å². The van der Waals surface area contributed by atoms with Crippen LogP contribution < -0.4 is 5.32 Å². The number of amides is 1. The maximum Gasteiger partial charge on any atom is 0.247 e. The van der Waals surface area contributed by atoms with Gasteiger partial charge in [-0.15, -0.1) is 0 Å². The molecular formula is C17H22ClNO2. The van der Waals surface area contributed by atoms with Crippen molar-refractivity contribution in [2.45, 2.75) is 38.6 Å². The quantitative estimate of drug-likeness (QED) is 0.838. The molecule has 0 saturated heterocycles. The van der Waals surface area contributed by atoms with Crippen LogP contribution in [0.15, 0.2) is 29.8 Å². The lowest BCUT2D eigenvalue weighted by Crippen LogP contribution is -2.38. The number of nitrogens with one attached hydrogen (secondary N) is 1. The molecule has 2 rings (SSSR count). The third kappa shape index (κ3) is 4.87. The highest BCUT2D eigenvalue weighted by atomic mass is 35.5. The van der Waals surface area contributed by atoms with Gasteiger partial charge in [-0.3, -0.25) is 4.79 Å². The monoisotopic (exact) mass is 307 g/mol. The van der Waals surface area contributed by atoms with E-state index in [9.17, 15) is 4.79 Å². The molecule has 114 valence electrons. The topological polar surface area (TPSA) is 49.3 Å². The van der Waals surface area contributed by atoms with Crippen LogP contribution in [0.5, 0.6) is 0 Å². The number of halogens is 1. The third-order valence-corrected chi connectivity index (χ3v) is 4.27. The van der Waals surface area contributed by atoms with Crippen molar-refractivity contribution in [1.82, 2.24) is 5.32 Å². The lowest BCUT2D eigenvalue weighted by atomic mass is 9.86. The van der Waals surface area contributed by atoms with Gasteiger partial charge in [0.15, 0.2) is 0 Å². The van der Waals surface area contributed by atoms with E-state index in [4.69, 9.17) is 16.7 Å². The fraction of sp³-hybridized carbons (Fsp3) is 0.471. The number of aliphatic hydroxyl groups excluding tert-OH is 1. The molecular weight excluding hydrogens is 286 g/mol. The number of hydrogen-bond donors (Lipinski definition) is 2. The Balaban J connectivity index is 1.91. The average molecular weight is 308 g/mol. The minimum absolute atomic E-state index is 0.0255. The molecule has 0 heterocycles. The summed E-state index contributed by atoms with van der Waals surface area (Å²) in [5, 5.41) is 12.9. The molecule has 2 N–H and O–H groups in total. The molecule has 0 spiro atoms.